The molecule has 0 saturated carbocycles. The van der Waals surface area contributed by atoms with Crippen LogP contribution in [0.5, 0.6) is 5.75 Å². The third-order valence-corrected chi connectivity index (χ3v) is 4.40. The van der Waals surface area contributed by atoms with Crippen LogP contribution in [0, 0.1) is 0 Å². The van der Waals surface area contributed by atoms with Gasteiger partial charge in [-0.3, -0.25) is 9.78 Å². The van der Waals surface area contributed by atoms with Crippen LogP contribution in [0.4, 0.5) is 0 Å². The van der Waals surface area contributed by atoms with Gasteiger partial charge in [-0.05, 0) is 31.5 Å². The van der Waals surface area contributed by atoms with Crippen LogP contribution in [0.25, 0.3) is 0 Å². The summed E-state index contributed by atoms with van der Waals surface area (Å²) in [4.78, 5) is 18.9. The van der Waals surface area contributed by atoms with Crippen LogP contribution in [0.15, 0.2) is 54.9 Å². The molecule has 4 heteroatoms. The number of hydrogen-bond acceptors (Lipinski definition) is 3. The van der Waals surface area contributed by atoms with Gasteiger partial charge in [-0.2, -0.15) is 0 Å². The van der Waals surface area contributed by atoms with Gasteiger partial charge in [0.2, 0.25) is 5.91 Å². The lowest BCUT2D eigenvalue weighted by Gasteiger charge is -2.29. The number of hydrogen-bond donors (Lipinski definition) is 0. The van der Waals surface area contributed by atoms with E-state index in [9.17, 15) is 4.79 Å². The van der Waals surface area contributed by atoms with Gasteiger partial charge in [-0.1, -0.05) is 30.3 Å². The third kappa shape index (κ3) is 3.36. The number of aromatic nitrogens is 1. The highest BCUT2D eigenvalue weighted by atomic mass is 16.5. The van der Waals surface area contributed by atoms with Crippen LogP contribution in [0.2, 0.25) is 0 Å². The van der Waals surface area contributed by atoms with Crippen molar-refractivity contribution in [2.24, 2.45) is 0 Å². The van der Waals surface area contributed by atoms with E-state index in [-0.39, 0.29) is 12.0 Å². The van der Waals surface area contributed by atoms with Crippen LogP contribution >= 0.6 is 0 Å². The summed E-state index contributed by atoms with van der Waals surface area (Å²) in [5, 5.41) is 0. The van der Waals surface area contributed by atoms with Gasteiger partial charge in [-0.15, -0.1) is 0 Å². The number of amides is 1. The zero-order valence-electron chi connectivity index (χ0n) is 13.6. The molecule has 1 atom stereocenters. The van der Waals surface area contributed by atoms with Crippen molar-refractivity contribution in [2.45, 2.75) is 31.8 Å². The first-order valence-electron chi connectivity index (χ1n) is 7.99. The van der Waals surface area contributed by atoms with Crippen LogP contribution in [0.3, 0.4) is 0 Å². The standard InChI is InChI=1S/C19H22N2O2/c1-19(2,15-7-4-3-5-8-15)18(22)21-12-10-17(14-21)23-16-9-6-11-20-13-16/h3-9,11,13,17H,10,12,14H2,1-2H3. The van der Waals surface area contributed by atoms with Crippen LogP contribution in [-0.2, 0) is 10.2 Å². The molecule has 1 aliphatic heterocycles. The molecule has 1 fully saturated rings. The molecule has 2 aromatic rings. The van der Waals surface area contributed by atoms with Crippen molar-refractivity contribution in [3.05, 3.63) is 60.4 Å². The molecule has 0 aliphatic carbocycles. The Labute approximate surface area is 137 Å². The minimum absolute atomic E-state index is 0.0368. The summed E-state index contributed by atoms with van der Waals surface area (Å²) in [5.74, 6) is 0.912. The topological polar surface area (TPSA) is 42.4 Å². The Morgan fingerprint density at radius 1 is 1.22 bits per heavy atom. The second kappa shape index (κ2) is 6.41. The molecule has 4 nitrogen and oxygen atoms in total. The van der Waals surface area contributed by atoms with E-state index in [0.717, 1.165) is 24.3 Å². The van der Waals surface area contributed by atoms with E-state index in [2.05, 4.69) is 4.98 Å². The highest BCUT2D eigenvalue weighted by molar-refractivity contribution is 5.87. The second-order valence-corrected chi connectivity index (χ2v) is 6.46. The van der Waals surface area contributed by atoms with Crippen molar-refractivity contribution < 1.29 is 9.53 Å². The Morgan fingerprint density at radius 3 is 2.70 bits per heavy atom. The molecule has 1 amide bonds. The minimum atomic E-state index is -0.523. The van der Waals surface area contributed by atoms with Gasteiger partial charge in [0.1, 0.15) is 11.9 Å². The number of rotatable bonds is 4. The molecule has 0 spiro atoms. The van der Waals surface area contributed by atoms with Crippen molar-refractivity contribution in [1.29, 1.82) is 0 Å². The van der Waals surface area contributed by atoms with Gasteiger partial charge < -0.3 is 9.64 Å². The number of carbonyl (C=O) groups is 1. The lowest BCUT2D eigenvalue weighted by molar-refractivity contribution is -0.135. The van der Waals surface area contributed by atoms with E-state index < -0.39 is 5.41 Å². The van der Waals surface area contributed by atoms with E-state index in [1.54, 1.807) is 12.4 Å². The van der Waals surface area contributed by atoms with Crippen LogP contribution in [-0.4, -0.2) is 35.0 Å². The van der Waals surface area contributed by atoms with Crippen LogP contribution in [0.1, 0.15) is 25.8 Å². The molecule has 1 unspecified atom stereocenters. The summed E-state index contributed by atoms with van der Waals surface area (Å²) in [5.41, 5.74) is 0.520. The molecule has 1 aliphatic rings. The first kappa shape index (κ1) is 15.5. The predicted molar refractivity (Wildman–Crippen MR) is 89.3 cm³/mol. The van der Waals surface area contributed by atoms with Gasteiger partial charge in [0, 0.05) is 19.2 Å². The highest BCUT2D eigenvalue weighted by Gasteiger charge is 2.37. The quantitative estimate of drug-likeness (QED) is 0.871. The maximum atomic E-state index is 12.9. The normalized spacial score (nSPS) is 18.0. The zero-order chi connectivity index (χ0) is 16.3. The van der Waals surface area contributed by atoms with E-state index in [1.807, 2.05) is 61.2 Å². The fraction of sp³-hybridized carbons (Fsp3) is 0.368. The highest BCUT2D eigenvalue weighted by Crippen LogP contribution is 2.28. The smallest absolute Gasteiger partial charge is 0.232 e. The molecule has 0 radical (unpaired) electrons. The summed E-state index contributed by atoms with van der Waals surface area (Å²) < 4.78 is 5.92. The Balaban J connectivity index is 1.65. The molecule has 1 aromatic heterocycles. The SMILES string of the molecule is CC(C)(C(=O)N1CCC(Oc2cccnc2)C1)c1ccccc1. The van der Waals surface area contributed by atoms with Crippen molar-refractivity contribution in [2.75, 3.05) is 13.1 Å². The van der Waals surface area contributed by atoms with E-state index in [0.29, 0.717) is 6.54 Å². The van der Waals surface area contributed by atoms with Gasteiger partial charge in [0.05, 0.1) is 18.2 Å². The molecule has 2 heterocycles. The molecular formula is C19H22N2O2. The average molecular weight is 310 g/mol. The minimum Gasteiger partial charge on any atom is -0.487 e. The van der Waals surface area contributed by atoms with Crippen molar-refractivity contribution >= 4 is 5.91 Å². The largest absolute Gasteiger partial charge is 0.487 e. The molecular weight excluding hydrogens is 288 g/mol. The molecule has 23 heavy (non-hydrogen) atoms. The maximum absolute atomic E-state index is 12.9. The monoisotopic (exact) mass is 310 g/mol. The number of carbonyl (C=O) groups excluding carboxylic acids is 1. The average Bonchev–Trinajstić information content (AvgIpc) is 3.04. The molecule has 3 rings (SSSR count). The van der Waals surface area contributed by atoms with Gasteiger partial charge in [0.15, 0.2) is 0 Å². The Bertz CT molecular complexity index is 656. The lowest BCUT2D eigenvalue weighted by Crippen LogP contribution is -2.43. The van der Waals surface area contributed by atoms with Crippen LogP contribution < -0.4 is 4.74 Å². The van der Waals surface area contributed by atoms with Crippen molar-refractivity contribution in [1.82, 2.24) is 9.88 Å². The molecule has 1 aromatic carbocycles. The molecule has 0 N–H and O–H groups in total. The van der Waals surface area contributed by atoms with E-state index >= 15 is 0 Å². The number of likely N-dealkylation sites (tertiary alicyclic amines) is 1. The first-order chi connectivity index (χ1) is 11.1. The second-order valence-electron chi connectivity index (χ2n) is 6.46. The predicted octanol–water partition coefficient (Wildman–Crippen LogP) is 3.04. The Morgan fingerprint density at radius 2 is 2.00 bits per heavy atom. The summed E-state index contributed by atoms with van der Waals surface area (Å²) >= 11 is 0. The van der Waals surface area contributed by atoms with Crippen molar-refractivity contribution in [3.8, 4) is 5.75 Å². The van der Waals surface area contributed by atoms with E-state index in [4.69, 9.17) is 4.74 Å². The zero-order valence-corrected chi connectivity index (χ0v) is 13.6. The van der Waals surface area contributed by atoms with Gasteiger partial charge in [0.25, 0.3) is 0 Å². The summed E-state index contributed by atoms with van der Waals surface area (Å²) in [7, 11) is 0. The summed E-state index contributed by atoms with van der Waals surface area (Å²) in [6, 6.07) is 13.7. The summed E-state index contributed by atoms with van der Waals surface area (Å²) in [6.07, 6.45) is 4.32. The van der Waals surface area contributed by atoms with Crippen molar-refractivity contribution in [3.63, 3.8) is 0 Å². The number of ether oxygens (including phenoxy) is 1. The van der Waals surface area contributed by atoms with Gasteiger partial charge in [-0.25, -0.2) is 0 Å². The Kier molecular flexibility index (Phi) is 4.33. The lowest BCUT2D eigenvalue weighted by atomic mass is 9.83. The fourth-order valence-corrected chi connectivity index (χ4v) is 2.99. The number of benzene rings is 1. The molecule has 120 valence electrons. The molecule has 1 saturated heterocycles. The Hall–Kier alpha value is -2.36. The van der Waals surface area contributed by atoms with E-state index in [1.165, 1.54) is 0 Å². The van der Waals surface area contributed by atoms with Gasteiger partial charge >= 0.3 is 0 Å². The fourth-order valence-electron chi connectivity index (χ4n) is 2.99. The molecule has 0 bridgehead atoms. The maximum Gasteiger partial charge on any atom is 0.232 e. The number of nitrogens with zero attached hydrogens (tertiary/aromatic N) is 2. The first-order valence-corrected chi connectivity index (χ1v) is 7.99. The summed E-state index contributed by atoms with van der Waals surface area (Å²) in [6.45, 7) is 5.34. The number of pyridine rings is 1. The third-order valence-electron chi connectivity index (χ3n) is 4.40.